The molecule has 23 heavy (non-hydrogen) atoms. The predicted molar refractivity (Wildman–Crippen MR) is 95.6 cm³/mol. The maximum Gasteiger partial charge on any atom is 0.405 e. The van der Waals surface area contributed by atoms with Gasteiger partial charge in [-0.3, -0.25) is 10.1 Å². The minimum absolute atomic E-state index is 0.0199. The summed E-state index contributed by atoms with van der Waals surface area (Å²) < 4.78 is 5.88. The number of nitro benzene ring substituents is 1. The molecular formula is C15H18IN3O4. The van der Waals surface area contributed by atoms with Crippen LogP contribution in [0.15, 0.2) is 24.3 Å². The first kappa shape index (κ1) is 17.5. The first-order valence-electron chi connectivity index (χ1n) is 7.05. The molecule has 8 heteroatoms. The lowest BCUT2D eigenvalue weighted by Crippen LogP contribution is -2.33. The first-order valence-corrected chi connectivity index (χ1v) is 8.13. The van der Waals surface area contributed by atoms with E-state index in [4.69, 9.17) is 10.5 Å². The average Bonchev–Trinajstić information content (AvgIpc) is 2.91. The summed E-state index contributed by atoms with van der Waals surface area (Å²) in [5, 5.41) is 11.4. The number of nitrogens with zero attached hydrogens (tertiary/aromatic N) is 2. The van der Waals surface area contributed by atoms with Crippen LogP contribution in [0.2, 0.25) is 0 Å². The third-order valence-electron chi connectivity index (χ3n) is 3.50. The van der Waals surface area contributed by atoms with Crippen molar-refractivity contribution >= 4 is 40.1 Å². The van der Waals surface area contributed by atoms with Crippen molar-refractivity contribution < 1.29 is 14.5 Å². The van der Waals surface area contributed by atoms with Gasteiger partial charge in [-0.05, 0) is 42.5 Å². The fraction of sp³-hybridized carbons (Fsp3) is 0.400. The molecule has 0 radical (unpaired) electrons. The summed E-state index contributed by atoms with van der Waals surface area (Å²) in [6, 6.07) is 3.36. The molecular weight excluding hydrogens is 413 g/mol. The molecule has 1 heterocycles. The van der Waals surface area contributed by atoms with Gasteiger partial charge >= 0.3 is 6.09 Å². The van der Waals surface area contributed by atoms with Gasteiger partial charge in [0.1, 0.15) is 5.60 Å². The Labute approximate surface area is 147 Å². The van der Waals surface area contributed by atoms with Crippen LogP contribution in [0.3, 0.4) is 0 Å². The summed E-state index contributed by atoms with van der Waals surface area (Å²) in [7, 11) is 0. The van der Waals surface area contributed by atoms with E-state index in [1.165, 1.54) is 0 Å². The highest BCUT2D eigenvalue weighted by molar-refractivity contribution is 14.1. The Morgan fingerprint density at radius 1 is 1.43 bits per heavy atom. The summed E-state index contributed by atoms with van der Waals surface area (Å²) in [5.74, 6) is 0. The van der Waals surface area contributed by atoms with Gasteiger partial charge in [0.25, 0.3) is 5.69 Å². The third kappa shape index (κ3) is 4.34. The maximum absolute atomic E-state index is 11.4. The molecule has 0 fully saturated rings. The van der Waals surface area contributed by atoms with Crippen LogP contribution < -0.4 is 10.6 Å². The van der Waals surface area contributed by atoms with E-state index in [0.29, 0.717) is 5.56 Å². The number of rotatable bonds is 5. The van der Waals surface area contributed by atoms with E-state index >= 15 is 0 Å². The van der Waals surface area contributed by atoms with Gasteiger partial charge in [0.05, 0.1) is 10.6 Å². The van der Waals surface area contributed by atoms with Crippen LogP contribution in [0.5, 0.6) is 0 Å². The number of primary amides is 1. The molecule has 124 valence electrons. The Bertz CT molecular complexity index is 665. The molecule has 1 aliphatic rings. The van der Waals surface area contributed by atoms with Gasteiger partial charge in [0.15, 0.2) is 0 Å². The van der Waals surface area contributed by atoms with Gasteiger partial charge in [-0.1, -0.05) is 12.2 Å². The number of halogens is 1. The van der Waals surface area contributed by atoms with E-state index in [1.807, 2.05) is 0 Å². The zero-order valence-electron chi connectivity index (χ0n) is 12.9. The van der Waals surface area contributed by atoms with Gasteiger partial charge in [0.2, 0.25) is 0 Å². The summed E-state index contributed by atoms with van der Waals surface area (Å²) in [6.07, 6.45) is 3.42. The van der Waals surface area contributed by atoms with Crippen molar-refractivity contribution in [2.45, 2.75) is 25.9 Å². The van der Waals surface area contributed by atoms with Crippen LogP contribution in [0.4, 0.5) is 16.2 Å². The summed E-state index contributed by atoms with van der Waals surface area (Å²) in [6.45, 7) is 4.90. The molecule has 1 aliphatic heterocycles. The fourth-order valence-electron chi connectivity index (χ4n) is 2.59. The highest BCUT2D eigenvalue weighted by Gasteiger charge is 2.28. The molecule has 2 N–H and O–H groups in total. The number of carbonyl (C=O) groups is 1. The zero-order chi connectivity index (χ0) is 17.2. The summed E-state index contributed by atoms with van der Waals surface area (Å²) in [4.78, 5) is 24.1. The molecule has 0 unspecified atom stereocenters. The number of anilines is 1. The lowest BCUT2D eigenvalue weighted by Gasteiger charge is -2.25. The lowest BCUT2D eigenvalue weighted by molar-refractivity contribution is -0.385. The number of carbonyl (C=O) groups excluding carboxylic acids is 1. The van der Waals surface area contributed by atoms with Crippen molar-refractivity contribution in [2.75, 3.05) is 18.0 Å². The van der Waals surface area contributed by atoms with E-state index in [9.17, 15) is 14.9 Å². The second-order valence-electron chi connectivity index (χ2n) is 5.92. The third-order valence-corrected chi connectivity index (χ3v) is 4.36. The topological polar surface area (TPSA) is 98.7 Å². The molecule has 0 saturated carbocycles. The number of benzene rings is 1. The number of nitro groups is 1. The van der Waals surface area contributed by atoms with Gasteiger partial charge in [-0.15, -0.1) is 0 Å². The molecule has 0 atom stereocenters. The van der Waals surface area contributed by atoms with Crippen molar-refractivity contribution in [3.8, 4) is 0 Å². The second kappa shape index (κ2) is 6.73. The average molecular weight is 431 g/mol. The highest BCUT2D eigenvalue weighted by atomic mass is 127. The Hall–Kier alpha value is -1.84. The van der Waals surface area contributed by atoms with Crippen molar-refractivity contribution in [3.05, 3.63) is 43.5 Å². The number of hydrogen-bond donors (Lipinski definition) is 1. The number of ether oxygens (including phenoxy) is 1. The van der Waals surface area contributed by atoms with Crippen LogP contribution in [0.1, 0.15) is 19.4 Å². The lowest BCUT2D eigenvalue weighted by atomic mass is 9.96. The van der Waals surface area contributed by atoms with E-state index in [1.54, 1.807) is 26.0 Å². The number of hydrogen-bond acceptors (Lipinski definition) is 5. The van der Waals surface area contributed by atoms with Crippen LogP contribution in [-0.2, 0) is 11.2 Å². The number of amides is 1. The van der Waals surface area contributed by atoms with Crippen molar-refractivity contribution in [1.29, 1.82) is 0 Å². The van der Waals surface area contributed by atoms with E-state index in [-0.39, 0.29) is 12.1 Å². The molecule has 0 saturated heterocycles. The van der Waals surface area contributed by atoms with Gasteiger partial charge in [-0.2, -0.15) is 0 Å². The molecule has 0 aliphatic carbocycles. The zero-order valence-corrected chi connectivity index (χ0v) is 15.1. The second-order valence-corrected chi connectivity index (χ2v) is 7.09. The smallest absolute Gasteiger partial charge is 0.405 e. The molecule has 1 aromatic rings. The van der Waals surface area contributed by atoms with Crippen LogP contribution >= 0.6 is 22.6 Å². The van der Waals surface area contributed by atoms with Gasteiger partial charge in [-0.25, -0.2) is 4.79 Å². The quantitative estimate of drug-likeness (QED) is 0.335. The normalized spacial score (nSPS) is 14.1. The molecule has 1 amide bonds. The van der Waals surface area contributed by atoms with Crippen molar-refractivity contribution in [2.24, 2.45) is 5.73 Å². The molecule has 1 aromatic carbocycles. The van der Waals surface area contributed by atoms with E-state index < -0.39 is 16.6 Å². The molecule has 7 nitrogen and oxygen atoms in total. The minimum Gasteiger partial charge on any atom is -0.443 e. The fourth-order valence-corrected chi connectivity index (χ4v) is 3.38. The van der Waals surface area contributed by atoms with Gasteiger partial charge in [0, 0.05) is 34.7 Å². The van der Waals surface area contributed by atoms with Crippen molar-refractivity contribution in [3.63, 3.8) is 0 Å². The van der Waals surface area contributed by atoms with Gasteiger partial charge < -0.3 is 15.4 Å². The number of nitrogens with two attached hydrogens (primary N) is 1. The molecule has 0 spiro atoms. The minimum atomic E-state index is -0.927. The summed E-state index contributed by atoms with van der Waals surface area (Å²) >= 11 is 2.10. The van der Waals surface area contributed by atoms with Crippen LogP contribution in [0.25, 0.3) is 0 Å². The SMILES string of the molecule is CC(C)(Cc1cc(N2CC=CC2)c(I)cc1[N+](=O)[O-])OC(N)=O. The Kier molecular flexibility index (Phi) is 5.12. The monoisotopic (exact) mass is 431 g/mol. The maximum atomic E-state index is 11.4. The van der Waals surface area contributed by atoms with E-state index in [0.717, 1.165) is 22.3 Å². The van der Waals surface area contributed by atoms with Crippen LogP contribution in [0, 0.1) is 13.7 Å². The Morgan fingerprint density at radius 2 is 2.04 bits per heavy atom. The largest absolute Gasteiger partial charge is 0.443 e. The van der Waals surface area contributed by atoms with E-state index in [2.05, 4.69) is 39.6 Å². The first-order chi connectivity index (χ1) is 10.7. The highest BCUT2D eigenvalue weighted by Crippen LogP contribution is 2.34. The Balaban J connectivity index is 2.40. The Morgan fingerprint density at radius 3 is 2.57 bits per heavy atom. The summed E-state index contributed by atoms with van der Waals surface area (Å²) in [5.41, 5.74) is 5.62. The standard InChI is InChI=1S/C15H18IN3O4/c1-15(2,23-14(17)20)9-10-7-13(18-5-3-4-6-18)11(16)8-12(10)19(21)22/h3-4,7-8H,5-6,9H2,1-2H3,(H2,17,20). The molecule has 0 aromatic heterocycles. The molecule has 0 bridgehead atoms. The predicted octanol–water partition coefficient (Wildman–Crippen LogP) is 2.99. The van der Waals surface area contributed by atoms with Crippen LogP contribution in [-0.4, -0.2) is 29.7 Å². The van der Waals surface area contributed by atoms with Crippen molar-refractivity contribution in [1.82, 2.24) is 0 Å². The molecule has 2 rings (SSSR count).